The summed E-state index contributed by atoms with van der Waals surface area (Å²) < 4.78 is 0. The maximum absolute atomic E-state index is 5.72. The molecule has 2 unspecified atom stereocenters. The zero-order valence-corrected chi connectivity index (χ0v) is 7.92. The van der Waals surface area contributed by atoms with E-state index < -0.39 is 0 Å². The van der Waals surface area contributed by atoms with E-state index in [2.05, 4.69) is 12.2 Å². The molecule has 2 aliphatic carbocycles. The van der Waals surface area contributed by atoms with Crippen LogP contribution in [0.2, 0.25) is 0 Å². The summed E-state index contributed by atoms with van der Waals surface area (Å²) >= 11 is 0. The first-order valence-corrected chi connectivity index (χ1v) is 5.31. The van der Waals surface area contributed by atoms with Gasteiger partial charge in [-0.25, -0.2) is 0 Å². The highest BCUT2D eigenvalue weighted by Gasteiger charge is 2.39. The van der Waals surface area contributed by atoms with Crippen molar-refractivity contribution in [1.82, 2.24) is 5.32 Å². The van der Waals surface area contributed by atoms with E-state index in [1.165, 1.54) is 32.1 Å². The molecule has 0 amide bonds. The average Bonchev–Trinajstić information content (AvgIpc) is 2.66. The molecular formula is C10H20N2. The Labute approximate surface area is 74.9 Å². The minimum atomic E-state index is 0.492. The van der Waals surface area contributed by atoms with Gasteiger partial charge in [-0.2, -0.15) is 0 Å². The number of nitrogens with two attached hydrogens (primary N) is 1. The molecule has 0 bridgehead atoms. The van der Waals surface area contributed by atoms with Crippen molar-refractivity contribution in [3.63, 3.8) is 0 Å². The first-order valence-electron chi connectivity index (χ1n) is 5.31. The fourth-order valence-corrected chi connectivity index (χ4v) is 2.24. The Morgan fingerprint density at radius 3 is 2.67 bits per heavy atom. The third-order valence-corrected chi connectivity index (χ3v) is 3.21. The molecule has 2 atom stereocenters. The number of hydrogen-bond acceptors (Lipinski definition) is 2. The molecule has 2 rings (SSSR count). The maximum atomic E-state index is 5.72. The Morgan fingerprint density at radius 1 is 1.33 bits per heavy atom. The monoisotopic (exact) mass is 168 g/mol. The van der Waals surface area contributed by atoms with Crippen molar-refractivity contribution in [3.05, 3.63) is 0 Å². The Balaban J connectivity index is 1.58. The van der Waals surface area contributed by atoms with Crippen LogP contribution in [0.1, 0.15) is 39.0 Å². The molecule has 2 saturated carbocycles. The lowest BCUT2D eigenvalue weighted by Crippen LogP contribution is -2.49. The van der Waals surface area contributed by atoms with Gasteiger partial charge in [0.15, 0.2) is 0 Å². The fourth-order valence-electron chi connectivity index (χ4n) is 2.24. The molecule has 12 heavy (non-hydrogen) atoms. The summed E-state index contributed by atoms with van der Waals surface area (Å²) in [6.45, 7) is 2.27. The normalized spacial score (nSPS) is 45.5. The molecule has 0 spiro atoms. The maximum Gasteiger partial charge on any atom is 0.0102 e. The lowest BCUT2D eigenvalue weighted by Gasteiger charge is -2.33. The van der Waals surface area contributed by atoms with Crippen LogP contribution in [0.25, 0.3) is 0 Å². The molecule has 2 aliphatic rings. The Morgan fingerprint density at radius 2 is 2.08 bits per heavy atom. The molecule has 2 fully saturated rings. The third-order valence-electron chi connectivity index (χ3n) is 3.21. The van der Waals surface area contributed by atoms with Gasteiger partial charge in [-0.05, 0) is 31.6 Å². The van der Waals surface area contributed by atoms with Crippen LogP contribution >= 0.6 is 0 Å². The van der Waals surface area contributed by atoms with Gasteiger partial charge in [0, 0.05) is 18.1 Å². The van der Waals surface area contributed by atoms with Gasteiger partial charge in [-0.3, -0.25) is 0 Å². The summed E-state index contributed by atoms with van der Waals surface area (Å²) in [6, 6.07) is 2.10. The molecular weight excluding hydrogens is 148 g/mol. The Hall–Kier alpha value is -0.0800. The third kappa shape index (κ3) is 1.80. The van der Waals surface area contributed by atoms with Crippen LogP contribution in [0.5, 0.6) is 0 Å². The minimum Gasteiger partial charge on any atom is -0.328 e. The summed E-state index contributed by atoms with van der Waals surface area (Å²) in [5, 5.41) is 3.68. The smallest absolute Gasteiger partial charge is 0.0102 e. The van der Waals surface area contributed by atoms with E-state index in [0.717, 1.165) is 18.0 Å². The van der Waals surface area contributed by atoms with Crippen molar-refractivity contribution in [2.75, 3.05) is 0 Å². The molecule has 70 valence electrons. The molecule has 2 nitrogen and oxygen atoms in total. The van der Waals surface area contributed by atoms with Crippen molar-refractivity contribution in [3.8, 4) is 0 Å². The molecule has 0 radical (unpaired) electrons. The summed E-state index contributed by atoms with van der Waals surface area (Å²) in [4.78, 5) is 0. The zero-order chi connectivity index (χ0) is 8.55. The summed E-state index contributed by atoms with van der Waals surface area (Å²) in [7, 11) is 0. The highest BCUT2D eigenvalue weighted by atomic mass is 15.0. The SMILES string of the molecule is CCCC1CC1NC1CC(N)C1. The van der Waals surface area contributed by atoms with Crippen molar-refractivity contribution in [2.45, 2.75) is 57.2 Å². The van der Waals surface area contributed by atoms with E-state index in [1.54, 1.807) is 0 Å². The van der Waals surface area contributed by atoms with E-state index in [4.69, 9.17) is 5.73 Å². The van der Waals surface area contributed by atoms with Crippen LogP contribution in [0.4, 0.5) is 0 Å². The predicted octanol–water partition coefficient (Wildman–Crippen LogP) is 1.25. The molecule has 0 aromatic heterocycles. The molecule has 0 saturated heterocycles. The predicted molar refractivity (Wildman–Crippen MR) is 50.9 cm³/mol. The molecule has 0 aliphatic heterocycles. The van der Waals surface area contributed by atoms with Crippen molar-refractivity contribution in [2.24, 2.45) is 11.7 Å². The van der Waals surface area contributed by atoms with Gasteiger partial charge < -0.3 is 11.1 Å². The first-order chi connectivity index (χ1) is 5.79. The van der Waals surface area contributed by atoms with Gasteiger partial charge in [0.05, 0.1) is 0 Å². The molecule has 0 aromatic rings. The highest BCUT2D eigenvalue weighted by molar-refractivity contribution is 4.98. The number of nitrogens with one attached hydrogen (secondary N) is 1. The average molecular weight is 168 g/mol. The summed E-state index contributed by atoms with van der Waals surface area (Å²) in [5.74, 6) is 0.992. The quantitative estimate of drug-likeness (QED) is 0.663. The second-order valence-corrected chi connectivity index (χ2v) is 4.49. The van der Waals surface area contributed by atoms with Crippen LogP contribution < -0.4 is 11.1 Å². The van der Waals surface area contributed by atoms with Crippen LogP contribution in [0.15, 0.2) is 0 Å². The second kappa shape index (κ2) is 3.35. The summed E-state index contributed by atoms with van der Waals surface area (Å²) in [5.41, 5.74) is 5.72. The number of hydrogen-bond donors (Lipinski definition) is 2. The lowest BCUT2D eigenvalue weighted by molar-refractivity contribution is 0.285. The molecule has 0 aromatic carbocycles. The molecule has 2 heteroatoms. The molecule has 0 heterocycles. The zero-order valence-electron chi connectivity index (χ0n) is 7.92. The number of rotatable bonds is 4. The van der Waals surface area contributed by atoms with E-state index in [9.17, 15) is 0 Å². The Kier molecular flexibility index (Phi) is 2.37. The van der Waals surface area contributed by atoms with Gasteiger partial charge in [0.1, 0.15) is 0 Å². The Bertz CT molecular complexity index is 152. The largest absolute Gasteiger partial charge is 0.328 e. The van der Waals surface area contributed by atoms with Crippen molar-refractivity contribution < 1.29 is 0 Å². The van der Waals surface area contributed by atoms with Crippen LogP contribution in [-0.4, -0.2) is 18.1 Å². The van der Waals surface area contributed by atoms with Crippen LogP contribution in [0, 0.1) is 5.92 Å². The van der Waals surface area contributed by atoms with Gasteiger partial charge in [0.2, 0.25) is 0 Å². The van der Waals surface area contributed by atoms with E-state index in [1.807, 2.05) is 0 Å². The topological polar surface area (TPSA) is 38.0 Å². The van der Waals surface area contributed by atoms with E-state index in [0.29, 0.717) is 6.04 Å². The summed E-state index contributed by atoms with van der Waals surface area (Å²) in [6.07, 6.45) is 6.58. The van der Waals surface area contributed by atoms with Gasteiger partial charge >= 0.3 is 0 Å². The van der Waals surface area contributed by atoms with Crippen molar-refractivity contribution in [1.29, 1.82) is 0 Å². The van der Waals surface area contributed by atoms with Gasteiger partial charge in [-0.1, -0.05) is 13.3 Å². The second-order valence-electron chi connectivity index (χ2n) is 4.49. The van der Waals surface area contributed by atoms with Crippen LogP contribution in [-0.2, 0) is 0 Å². The van der Waals surface area contributed by atoms with Crippen molar-refractivity contribution >= 4 is 0 Å². The molecule has 3 N–H and O–H groups in total. The van der Waals surface area contributed by atoms with Crippen LogP contribution in [0.3, 0.4) is 0 Å². The fraction of sp³-hybridized carbons (Fsp3) is 1.00. The van der Waals surface area contributed by atoms with Gasteiger partial charge in [0.25, 0.3) is 0 Å². The van der Waals surface area contributed by atoms with E-state index >= 15 is 0 Å². The van der Waals surface area contributed by atoms with E-state index in [-0.39, 0.29) is 0 Å². The minimum absolute atomic E-state index is 0.492. The van der Waals surface area contributed by atoms with Gasteiger partial charge in [-0.15, -0.1) is 0 Å². The standard InChI is InChI=1S/C10H20N2/c1-2-3-7-4-10(7)12-9-5-8(11)6-9/h7-10,12H,2-6,11H2,1H3. The first kappa shape index (κ1) is 8.52. The highest BCUT2D eigenvalue weighted by Crippen LogP contribution is 2.36. The lowest BCUT2D eigenvalue weighted by atomic mass is 9.87.